The summed E-state index contributed by atoms with van der Waals surface area (Å²) in [5.41, 5.74) is 6.42. The normalized spacial score (nSPS) is 14.7. The molecular formula is C25H27N3O4S. The fourth-order valence-corrected chi connectivity index (χ4v) is 5.58. The summed E-state index contributed by atoms with van der Waals surface area (Å²) in [5.74, 6) is -0.699. The number of nitrogens with zero attached hydrogens (tertiary/aromatic N) is 1. The highest BCUT2D eigenvalue weighted by atomic mass is 32.2. The third kappa shape index (κ3) is 5.58. The first-order valence-electron chi connectivity index (χ1n) is 11.1. The van der Waals surface area contributed by atoms with Crippen LogP contribution >= 0.6 is 0 Å². The zero-order valence-electron chi connectivity index (χ0n) is 18.3. The van der Waals surface area contributed by atoms with Crippen LogP contribution in [0.1, 0.15) is 30.4 Å². The molecule has 2 N–H and O–H groups in total. The summed E-state index contributed by atoms with van der Waals surface area (Å²) < 4.78 is 27.0. The summed E-state index contributed by atoms with van der Waals surface area (Å²) in [4.78, 5) is 24.8. The Bertz CT molecular complexity index is 1240. The highest BCUT2D eigenvalue weighted by molar-refractivity contribution is 7.89. The highest BCUT2D eigenvalue weighted by Gasteiger charge is 2.25. The smallest absolute Gasteiger partial charge is 0.243 e. The topological polar surface area (TPSA) is 95.6 Å². The lowest BCUT2D eigenvalue weighted by Gasteiger charge is -2.25. The van der Waals surface area contributed by atoms with Crippen molar-refractivity contribution < 1.29 is 18.0 Å². The number of nitrogens with one attached hydrogen (secondary N) is 2. The van der Waals surface area contributed by atoms with Crippen molar-refractivity contribution in [1.82, 2.24) is 15.2 Å². The zero-order chi connectivity index (χ0) is 23.3. The molecule has 33 heavy (non-hydrogen) atoms. The lowest BCUT2D eigenvalue weighted by atomic mass is 10.0. The van der Waals surface area contributed by atoms with Gasteiger partial charge in [0.25, 0.3) is 0 Å². The van der Waals surface area contributed by atoms with E-state index < -0.39 is 10.0 Å². The zero-order valence-corrected chi connectivity index (χ0v) is 19.1. The molecule has 1 aliphatic heterocycles. The Morgan fingerprint density at radius 1 is 0.758 bits per heavy atom. The van der Waals surface area contributed by atoms with Gasteiger partial charge in [-0.3, -0.25) is 20.4 Å². The van der Waals surface area contributed by atoms with E-state index in [0.717, 1.165) is 35.6 Å². The van der Waals surface area contributed by atoms with E-state index in [0.29, 0.717) is 18.7 Å². The average Bonchev–Trinajstić information content (AvgIpc) is 2.84. The predicted molar refractivity (Wildman–Crippen MR) is 127 cm³/mol. The Kier molecular flexibility index (Phi) is 7.05. The van der Waals surface area contributed by atoms with Gasteiger partial charge >= 0.3 is 0 Å². The van der Waals surface area contributed by atoms with Crippen LogP contribution in [0.15, 0.2) is 71.6 Å². The Morgan fingerprint density at radius 3 is 2.12 bits per heavy atom. The second-order valence-electron chi connectivity index (χ2n) is 8.20. The first-order valence-corrected chi connectivity index (χ1v) is 12.5. The average molecular weight is 466 g/mol. The fourth-order valence-electron chi connectivity index (χ4n) is 4.07. The molecule has 3 aromatic carbocycles. The van der Waals surface area contributed by atoms with Crippen LogP contribution in [0.4, 0.5) is 0 Å². The van der Waals surface area contributed by atoms with Gasteiger partial charge in [-0.05, 0) is 46.9 Å². The number of fused-ring (bicyclic) bond motifs is 1. The molecule has 3 aromatic rings. The summed E-state index contributed by atoms with van der Waals surface area (Å²) in [6, 6.07) is 19.9. The maximum atomic E-state index is 12.7. The van der Waals surface area contributed by atoms with Crippen LogP contribution in [-0.4, -0.2) is 37.6 Å². The van der Waals surface area contributed by atoms with E-state index >= 15 is 0 Å². The lowest BCUT2D eigenvalue weighted by molar-refractivity contribution is -0.128. The number of carbonyl (C=O) groups excluding carboxylic acids is 2. The molecule has 1 heterocycles. The molecular weight excluding hydrogens is 438 g/mol. The van der Waals surface area contributed by atoms with Crippen LogP contribution in [0.3, 0.4) is 0 Å². The van der Waals surface area contributed by atoms with E-state index in [-0.39, 0.29) is 29.6 Å². The van der Waals surface area contributed by atoms with Gasteiger partial charge in [0.15, 0.2) is 0 Å². The molecule has 0 aromatic heterocycles. The molecule has 0 atom stereocenters. The summed E-state index contributed by atoms with van der Waals surface area (Å²) in [5, 5.41) is 2.05. The number of hydrogen-bond donors (Lipinski definition) is 2. The van der Waals surface area contributed by atoms with Gasteiger partial charge in [0.2, 0.25) is 21.8 Å². The van der Waals surface area contributed by atoms with Crippen molar-refractivity contribution in [2.24, 2.45) is 0 Å². The first-order chi connectivity index (χ1) is 15.9. The van der Waals surface area contributed by atoms with Crippen molar-refractivity contribution in [3.05, 3.63) is 77.9 Å². The molecule has 0 saturated carbocycles. The lowest BCUT2D eigenvalue weighted by Crippen LogP contribution is -2.43. The number of amides is 2. The van der Waals surface area contributed by atoms with Gasteiger partial charge in [-0.2, -0.15) is 4.31 Å². The molecule has 1 aliphatic rings. The molecule has 0 spiro atoms. The largest absolute Gasteiger partial charge is 0.273 e. The minimum Gasteiger partial charge on any atom is -0.273 e. The standard InChI is InChI=1S/C25H27N3O4S/c29-24(26-27-25(30)18-21-9-6-8-20-7-2-3-10-23(20)21)17-19-11-13-22(14-12-19)33(31,32)28-15-4-1-5-16-28/h2-3,6-14H,1,4-5,15-18H2,(H,26,29)(H,27,30). The minimum absolute atomic E-state index is 0.0264. The third-order valence-corrected chi connectivity index (χ3v) is 7.73. The Balaban J connectivity index is 1.30. The number of piperidine rings is 1. The second kappa shape index (κ2) is 10.1. The summed E-state index contributed by atoms with van der Waals surface area (Å²) in [6.07, 6.45) is 2.98. The quantitative estimate of drug-likeness (QED) is 0.547. The Morgan fingerprint density at radius 2 is 1.39 bits per heavy atom. The van der Waals surface area contributed by atoms with Crippen molar-refractivity contribution in [2.45, 2.75) is 37.0 Å². The maximum Gasteiger partial charge on any atom is 0.243 e. The maximum absolute atomic E-state index is 12.7. The summed E-state index contributed by atoms with van der Waals surface area (Å²) in [7, 11) is -3.50. The molecule has 0 aliphatic carbocycles. The van der Waals surface area contributed by atoms with Gasteiger partial charge in [-0.15, -0.1) is 0 Å². The first kappa shape index (κ1) is 22.9. The van der Waals surface area contributed by atoms with Crippen molar-refractivity contribution in [3.8, 4) is 0 Å². The predicted octanol–water partition coefficient (Wildman–Crippen LogP) is 2.95. The fraction of sp³-hybridized carbons (Fsp3) is 0.280. The molecule has 0 radical (unpaired) electrons. The molecule has 1 saturated heterocycles. The van der Waals surface area contributed by atoms with Crippen molar-refractivity contribution in [1.29, 1.82) is 0 Å². The number of benzene rings is 3. The van der Waals surface area contributed by atoms with Crippen LogP contribution in [0.25, 0.3) is 10.8 Å². The van der Waals surface area contributed by atoms with Gasteiger partial charge in [0, 0.05) is 13.1 Å². The van der Waals surface area contributed by atoms with Crippen molar-refractivity contribution in [3.63, 3.8) is 0 Å². The van der Waals surface area contributed by atoms with Gasteiger partial charge in [-0.25, -0.2) is 8.42 Å². The summed E-state index contributed by atoms with van der Waals surface area (Å²) >= 11 is 0. The molecule has 172 valence electrons. The second-order valence-corrected chi connectivity index (χ2v) is 10.1. The van der Waals surface area contributed by atoms with Crippen LogP contribution < -0.4 is 10.9 Å². The SMILES string of the molecule is O=C(Cc1ccc(S(=O)(=O)N2CCCCC2)cc1)NNC(=O)Cc1cccc2ccccc12. The van der Waals surface area contributed by atoms with Crippen LogP contribution in [0.5, 0.6) is 0 Å². The van der Waals surface area contributed by atoms with Crippen LogP contribution in [-0.2, 0) is 32.5 Å². The molecule has 4 rings (SSSR count). The third-order valence-electron chi connectivity index (χ3n) is 5.81. The molecule has 2 amide bonds. The van der Waals surface area contributed by atoms with Crippen molar-refractivity contribution >= 4 is 32.6 Å². The monoisotopic (exact) mass is 465 g/mol. The van der Waals surface area contributed by atoms with Gasteiger partial charge in [-0.1, -0.05) is 61.0 Å². The molecule has 0 bridgehead atoms. The molecule has 1 fully saturated rings. The highest BCUT2D eigenvalue weighted by Crippen LogP contribution is 2.21. The van der Waals surface area contributed by atoms with E-state index in [9.17, 15) is 18.0 Å². The van der Waals surface area contributed by atoms with Crippen LogP contribution in [0, 0.1) is 0 Å². The van der Waals surface area contributed by atoms with Gasteiger partial charge < -0.3 is 0 Å². The Hall–Kier alpha value is -3.23. The number of carbonyl (C=O) groups is 2. The van der Waals surface area contributed by atoms with E-state index in [1.54, 1.807) is 12.1 Å². The minimum atomic E-state index is -3.50. The number of hydrazine groups is 1. The van der Waals surface area contributed by atoms with Gasteiger partial charge in [0.1, 0.15) is 0 Å². The Labute approximate surface area is 193 Å². The molecule has 8 heteroatoms. The van der Waals surface area contributed by atoms with E-state index in [1.165, 1.54) is 16.4 Å². The van der Waals surface area contributed by atoms with Crippen LogP contribution in [0.2, 0.25) is 0 Å². The van der Waals surface area contributed by atoms with E-state index in [1.807, 2.05) is 42.5 Å². The number of hydrogen-bond acceptors (Lipinski definition) is 4. The number of rotatable bonds is 6. The number of sulfonamides is 1. The molecule has 0 unspecified atom stereocenters. The molecule has 7 nitrogen and oxygen atoms in total. The summed E-state index contributed by atoms with van der Waals surface area (Å²) in [6.45, 7) is 1.09. The van der Waals surface area contributed by atoms with E-state index in [4.69, 9.17) is 0 Å². The van der Waals surface area contributed by atoms with E-state index in [2.05, 4.69) is 10.9 Å². The van der Waals surface area contributed by atoms with Gasteiger partial charge in [0.05, 0.1) is 17.7 Å². The van der Waals surface area contributed by atoms with Crippen molar-refractivity contribution in [2.75, 3.05) is 13.1 Å².